The summed E-state index contributed by atoms with van der Waals surface area (Å²) in [6.07, 6.45) is 0. The van der Waals surface area contributed by atoms with Crippen molar-refractivity contribution in [2.24, 2.45) is 0 Å². The summed E-state index contributed by atoms with van der Waals surface area (Å²) in [5.41, 5.74) is 2.42. The number of fused-ring (bicyclic) bond motifs is 1. The third-order valence-electron chi connectivity index (χ3n) is 3.17. The van der Waals surface area contributed by atoms with E-state index in [0.717, 1.165) is 5.56 Å². The number of aryl methyl sites for hydroxylation is 1. The Bertz CT molecular complexity index is 824. The molecule has 100 valence electrons. The number of aromatic nitrogens is 2. The van der Waals surface area contributed by atoms with Gasteiger partial charge in [0.15, 0.2) is 0 Å². The van der Waals surface area contributed by atoms with Gasteiger partial charge in [-0.3, -0.25) is 0 Å². The molecule has 0 radical (unpaired) electrons. The molecule has 1 heterocycles. The molecule has 0 aliphatic rings. The highest BCUT2D eigenvalue weighted by atomic mass is 19.1. The molecule has 0 unspecified atom stereocenters. The van der Waals surface area contributed by atoms with Crippen molar-refractivity contribution in [2.45, 2.75) is 6.92 Å². The summed E-state index contributed by atoms with van der Waals surface area (Å²) >= 11 is 0. The van der Waals surface area contributed by atoms with Crippen LogP contribution in [-0.4, -0.2) is 21.0 Å². The second-order valence-corrected chi connectivity index (χ2v) is 4.56. The fourth-order valence-electron chi connectivity index (χ4n) is 2.13. The lowest BCUT2D eigenvalue weighted by Gasteiger charge is -1.99. The van der Waals surface area contributed by atoms with Crippen LogP contribution in [0.15, 0.2) is 36.4 Å². The molecule has 0 spiro atoms. The van der Waals surface area contributed by atoms with Crippen molar-refractivity contribution >= 4 is 17.0 Å². The van der Waals surface area contributed by atoms with Crippen LogP contribution in [-0.2, 0) is 0 Å². The number of rotatable bonds is 2. The second-order valence-electron chi connectivity index (χ2n) is 4.56. The lowest BCUT2D eigenvalue weighted by atomic mass is 10.1. The van der Waals surface area contributed by atoms with Gasteiger partial charge in [-0.05, 0) is 42.8 Å². The number of para-hydroxylation sites is 1. The van der Waals surface area contributed by atoms with E-state index in [4.69, 9.17) is 5.11 Å². The molecule has 2 aromatic carbocycles. The minimum Gasteiger partial charge on any atom is -0.478 e. The van der Waals surface area contributed by atoms with Gasteiger partial charge in [0.2, 0.25) is 0 Å². The Labute approximate surface area is 113 Å². The van der Waals surface area contributed by atoms with Crippen LogP contribution in [0.3, 0.4) is 0 Å². The van der Waals surface area contributed by atoms with Gasteiger partial charge >= 0.3 is 5.97 Å². The van der Waals surface area contributed by atoms with E-state index < -0.39 is 5.97 Å². The van der Waals surface area contributed by atoms with Gasteiger partial charge in [0.1, 0.15) is 17.2 Å². The number of nitrogens with one attached hydrogen (secondary N) is 1. The quantitative estimate of drug-likeness (QED) is 0.750. The Balaban J connectivity index is 2.20. The van der Waals surface area contributed by atoms with E-state index >= 15 is 0 Å². The van der Waals surface area contributed by atoms with Gasteiger partial charge in [-0.2, -0.15) is 0 Å². The van der Waals surface area contributed by atoms with Crippen molar-refractivity contribution in [3.05, 3.63) is 53.3 Å². The van der Waals surface area contributed by atoms with Crippen molar-refractivity contribution in [3.63, 3.8) is 0 Å². The van der Waals surface area contributed by atoms with E-state index in [-0.39, 0.29) is 11.4 Å². The molecule has 0 saturated carbocycles. The Morgan fingerprint density at radius 3 is 2.80 bits per heavy atom. The van der Waals surface area contributed by atoms with Crippen LogP contribution in [0.2, 0.25) is 0 Å². The molecule has 3 rings (SSSR count). The number of carboxylic acids is 1. The van der Waals surface area contributed by atoms with Gasteiger partial charge in [0, 0.05) is 5.56 Å². The number of hydrogen-bond acceptors (Lipinski definition) is 2. The summed E-state index contributed by atoms with van der Waals surface area (Å²) < 4.78 is 13.3. The van der Waals surface area contributed by atoms with Crippen LogP contribution in [0.4, 0.5) is 4.39 Å². The number of halogens is 1. The molecular weight excluding hydrogens is 259 g/mol. The highest BCUT2D eigenvalue weighted by molar-refractivity contribution is 6.01. The molecule has 5 heteroatoms. The topological polar surface area (TPSA) is 66.0 Å². The molecule has 3 aromatic rings. The molecule has 0 bridgehead atoms. The molecule has 0 amide bonds. The lowest BCUT2D eigenvalue weighted by Crippen LogP contribution is -1.96. The Morgan fingerprint density at radius 1 is 1.30 bits per heavy atom. The number of benzene rings is 2. The predicted octanol–water partition coefficient (Wildman–Crippen LogP) is 3.38. The van der Waals surface area contributed by atoms with E-state index in [1.165, 1.54) is 12.1 Å². The number of hydrogen-bond donors (Lipinski definition) is 2. The Morgan fingerprint density at radius 2 is 2.10 bits per heavy atom. The van der Waals surface area contributed by atoms with Crippen LogP contribution < -0.4 is 0 Å². The van der Waals surface area contributed by atoms with Crippen LogP contribution >= 0.6 is 0 Å². The number of carbonyl (C=O) groups is 1. The van der Waals surface area contributed by atoms with Crippen molar-refractivity contribution < 1.29 is 14.3 Å². The fourth-order valence-corrected chi connectivity index (χ4v) is 2.13. The summed E-state index contributed by atoms with van der Waals surface area (Å²) in [6, 6.07) is 9.58. The number of nitrogens with zero attached hydrogens (tertiary/aromatic N) is 1. The van der Waals surface area contributed by atoms with Crippen molar-refractivity contribution in [3.8, 4) is 11.4 Å². The second kappa shape index (κ2) is 4.45. The van der Waals surface area contributed by atoms with Crippen LogP contribution in [0, 0.1) is 12.7 Å². The molecule has 0 aliphatic heterocycles. The number of aromatic amines is 1. The summed E-state index contributed by atoms with van der Waals surface area (Å²) in [7, 11) is 0. The highest BCUT2D eigenvalue weighted by Gasteiger charge is 2.13. The first-order valence-corrected chi connectivity index (χ1v) is 6.05. The van der Waals surface area contributed by atoms with Crippen molar-refractivity contribution in [2.75, 3.05) is 0 Å². The summed E-state index contributed by atoms with van der Waals surface area (Å²) in [6.45, 7) is 1.67. The zero-order valence-electron chi connectivity index (χ0n) is 10.6. The van der Waals surface area contributed by atoms with E-state index in [9.17, 15) is 9.18 Å². The maximum atomic E-state index is 13.3. The smallest absolute Gasteiger partial charge is 0.337 e. The van der Waals surface area contributed by atoms with Gasteiger partial charge < -0.3 is 10.1 Å². The largest absolute Gasteiger partial charge is 0.478 e. The maximum Gasteiger partial charge on any atom is 0.337 e. The minimum atomic E-state index is -1.02. The van der Waals surface area contributed by atoms with Gasteiger partial charge in [0.25, 0.3) is 0 Å². The monoisotopic (exact) mass is 270 g/mol. The van der Waals surface area contributed by atoms with Crippen LogP contribution in [0.1, 0.15) is 15.9 Å². The minimum absolute atomic E-state index is 0.142. The zero-order chi connectivity index (χ0) is 14.3. The predicted molar refractivity (Wildman–Crippen MR) is 73.2 cm³/mol. The number of H-pyrrole nitrogens is 1. The number of aromatic carboxylic acids is 1. The van der Waals surface area contributed by atoms with E-state index in [0.29, 0.717) is 22.4 Å². The zero-order valence-corrected chi connectivity index (χ0v) is 10.6. The van der Waals surface area contributed by atoms with Gasteiger partial charge in [0.05, 0.1) is 11.1 Å². The summed E-state index contributed by atoms with van der Waals surface area (Å²) in [5, 5.41) is 9.14. The highest BCUT2D eigenvalue weighted by Crippen LogP contribution is 2.24. The molecule has 1 aromatic heterocycles. The van der Waals surface area contributed by atoms with Crippen molar-refractivity contribution in [1.29, 1.82) is 0 Å². The summed E-state index contributed by atoms with van der Waals surface area (Å²) in [4.78, 5) is 18.5. The maximum absolute atomic E-state index is 13.3. The third kappa shape index (κ3) is 1.93. The average Bonchev–Trinajstić information content (AvgIpc) is 2.85. The molecule has 4 nitrogen and oxygen atoms in total. The normalized spacial score (nSPS) is 10.9. The molecule has 2 N–H and O–H groups in total. The van der Waals surface area contributed by atoms with Crippen molar-refractivity contribution in [1.82, 2.24) is 9.97 Å². The molecule has 0 atom stereocenters. The van der Waals surface area contributed by atoms with Crippen LogP contribution in [0.5, 0.6) is 0 Å². The molecule has 0 saturated heterocycles. The lowest BCUT2D eigenvalue weighted by molar-refractivity contribution is 0.0699. The van der Waals surface area contributed by atoms with E-state index in [1.54, 1.807) is 31.2 Å². The third-order valence-corrected chi connectivity index (χ3v) is 3.17. The van der Waals surface area contributed by atoms with E-state index in [2.05, 4.69) is 9.97 Å². The molecule has 0 fully saturated rings. The molecule has 0 aliphatic carbocycles. The van der Waals surface area contributed by atoms with Gasteiger partial charge in [-0.1, -0.05) is 6.07 Å². The Hall–Kier alpha value is -2.69. The molecular formula is C15H11FN2O2. The number of imidazole rings is 1. The number of carboxylic acid groups (broad SMARTS) is 1. The Kier molecular flexibility index (Phi) is 2.75. The first-order chi connectivity index (χ1) is 9.56. The van der Waals surface area contributed by atoms with Gasteiger partial charge in [-0.25, -0.2) is 14.2 Å². The SMILES string of the molecule is Cc1cc(-c2nc3c(C(=O)O)cccc3[nH]2)ccc1F. The average molecular weight is 270 g/mol. The van der Waals surface area contributed by atoms with Crippen LogP contribution in [0.25, 0.3) is 22.4 Å². The van der Waals surface area contributed by atoms with Gasteiger partial charge in [-0.15, -0.1) is 0 Å². The standard InChI is InChI=1S/C15H11FN2O2/c1-8-7-9(5-6-11(8)16)14-17-12-4-2-3-10(15(19)20)13(12)18-14/h2-7H,1H3,(H,17,18)(H,19,20). The summed E-state index contributed by atoms with van der Waals surface area (Å²) in [5.74, 6) is -0.781. The first kappa shape index (κ1) is 12.3. The fraction of sp³-hybridized carbons (Fsp3) is 0.0667. The first-order valence-electron chi connectivity index (χ1n) is 6.05. The van der Waals surface area contributed by atoms with E-state index in [1.807, 2.05) is 0 Å². The molecule has 20 heavy (non-hydrogen) atoms.